The summed E-state index contributed by atoms with van der Waals surface area (Å²) in [4.78, 5) is 24.2. The first-order chi connectivity index (χ1) is 14.7. The third kappa shape index (κ3) is 2.72. The van der Waals surface area contributed by atoms with Crippen LogP contribution >= 0.6 is 0 Å². The van der Waals surface area contributed by atoms with E-state index in [2.05, 4.69) is 20.3 Å². The molecular weight excluding hydrogens is 387 g/mol. The smallest absolute Gasteiger partial charge is 0.257 e. The first-order valence-corrected chi connectivity index (χ1v) is 10.4. The van der Waals surface area contributed by atoms with Crippen LogP contribution in [0.3, 0.4) is 0 Å². The maximum atomic E-state index is 14.2. The third-order valence-corrected chi connectivity index (χ3v) is 6.38. The fourth-order valence-corrected chi connectivity index (χ4v) is 4.95. The summed E-state index contributed by atoms with van der Waals surface area (Å²) in [7, 11) is 0. The van der Waals surface area contributed by atoms with Gasteiger partial charge in [0.25, 0.3) is 5.91 Å². The molecule has 2 unspecified atom stereocenters. The number of anilines is 1. The Morgan fingerprint density at radius 2 is 2.13 bits per heavy atom. The lowest BCUT2D eigenvalue weighted by Gasteiger charge is -2.28. The molecule has 2 bridgehead atoms. The molecule has 1 aliphatic carbocycles. The molecule has 1 N–H and O–H groups in total. The van der Waals surface area contributed by atoms with Crippen molar-refractivity contribution in [3.05, 3.63) is 47.7 Å². The van der Waals surface area contributed by atoms with Crippen LogP contribution in [0.4, 0.5) is 10.2 Å². The van der Waals surface area contributed by atoms with Crippen LogP contribution < -0.4 is 15.0 Å². The number of pyridine rings is 1. The molecule has 0 spiro atoms. The molecule has 6 rings (SSSR count). The molecule has 1 amide bonds. The van der Waals surface area contributed by atoms with Gasteiger partial charge in [-0.1, -0.05) is 0 Å². The highest BCUT2D eigenvalue weighted by Gasteiger charge is 2.36. The minimum atomic E-state index is -0.383. The second kappa shape index (κ2) is 6.65. The lowest BCUT2D eigenvalue weighted by molar-refractivity contribution is 0.0891. The molecule has 0 radical (unpaired) electrons. The summed E-state index contributed by atoms with van der Waals surface area (Å²) in [5, 5.41) is 7.38. The number of hydrogen-bond acceptors (Lipinski definition) is 6. The summed E-state index contributed by atoms with van der Waals surface area (Å²) < 4.78 is 22.1. The van der Waals surface area contributed by atoms with Crippen molar-refractivity contribution < 1.29 is 13.9 Å². The van der Waals surface area contributed by atoms with Gasteiger partial charge in [-0.2, -0.15) is 5.10 Å². The zero-order chi connectivity index (χ0) is 20.2. The van der Waals surface area contributed by atoms with Crippen molar-refractivity contribution >= 4 is 17.4 Å². The monoisotopic (exact) mass is 408 g/mol. The van der Waals surface area contributed by atoms with Crippen molar-refractivity contribution in [2.45, 2.75) is 50.3 Å². The van der Waals surface area contributed by atoms with Gasteiger partial charge in [0.1, 0.15) is 23.3 Å². The number of fused-ring (bicyclic) bond motifs is 6. The quantitative estimate of drug-likeness (QED) is 0.616. The Morgan fingerprint density at radius 1 is 1.20 bits per heavy atom. The summed E-state index contributed by atoms with van der Waals surface area (Å²) >= 11 is 0. The molecule has 3 aliphatic rings. The normalized spacial score (nSPS) is 25.6. The van der Waals surface area contributed by atoms with Crippen LogP contribution in [0.1, 0.15) is 54.1 Å². The molecule has 5 heterocycles. The van der Waals surface area contributed by atoms with Crippen LogP contribution in [-0.2, 0) is 0 Å². The molecule has 3 aromatic rings. The second-order valence-corrected chi connectivity index (χ2v) is 8.18. The molecule has 1 saturated heterocycles. The van der Waals surface area contributed by atoms with Crippen molar-refractivity contribution in [2.75, 3.05) is 11.4 Å². The van der Waals surface area contributed by atoms with Gasteiger partial charge in [-0.05, 0) is 44.2 Å². The van der Waals surface area contributed by atoms with Gasteiger partial charge in [0.05, 0.1) is 24.5 Å². The maximum Gasteiger partial charge on any atom is 0.257 e. The average molecular weight is 408 g/mol. The fourth-order valence-electron chi connectivity index (χ4n) is 4.95. The first kappa shape index (κ1) is 17.6. The minimum Gasteiger partial charge on any atom is -0.472 e. The van der Waals surface area contributed by atoms with E-state index in [-0.39, 0.29) is 29.9 Å². The standard InChI is InChI=1S/C21H21FN6O2/c22-12-9-13-16-4-2-7-27(16)18-6-8-28-19(26-18)14(11-24-28)20(29)25-15-3-1-5-17(15)30-21(13)23-10-12/h6,8-11,15-17H,1-5,7H2,(H,25,29)/t15?,16?,17-/m1/s1. The summed E-state index contributed by atoms with van der Waals surface area (Å²) in [6.07, 6.45) is 8.73. The van der Waals surface area contributed by atoms with Gasteiger partial charge in [0, 0.05) is 18.3 Å². The number of hydrogen-bond donors (Lipinski definition) is 1. The van der Waals surface area contributed by atoms with E-state index in [1.165, 1.54) is 12.3 Å². The first-order valence-electron chi connectivity index (χ1n) is 10.4. The number of carbonyl (C=O) groups is 1. The predicted octanol–water partition coefficient (Wildman–Crippen LogP) is 2.65. The lowest BCUT2D eigenvalue weighted by Crippen LogP contribution is -2.42. The van der Waals surface area contributed by atoms with Gasteiger partial charge in [-0.3, -0.25) is 4.79 Å². The predicted molar refractivity (Wildman–Crippen MR) is 106 cm³/mol. The molecule has 9 heteroatoms. The number of nitrogens with zero attached hydrogens (tertiary/aromatic N) is 5. The largest absolute Gasteiger partial charge is 0.472 e. The molecule has 3 atom stereocenters. The Bertz CT molecular complexity index is 1150. The number of ether oxygens (including phenoxy) is 1. The molecule has 1 saturated carbocycles. The number of nitrogens with one attached hydrogen (secondary N) is 1. The van der Waals surface area contributed by atoms with Crippen LogP contribution in [0.25, 0.3) is 5.65 Å². The summed E-state index contributed by atoms with van der Waals surface area (Å²) in [5.41, 5.74) is 1.70. The molecule has 2 aliphatic heterocycles. The van der Waals surface area contributed by atoms with Gasteiger partial charge >= 0.3 is 0 Å². The van der Waals surface area contributed by atoms with Crippen LogP contribution in [-0.4, -0.2) is 44.2 Å². The van der Waals surface area contributed by atoms with E-state index in [0.717, 1.165) is 50.0 Å². The van der Waals surface area contributed by atoms with E-state index in [4.69, 9.17) is 9.72 Å². The van der Waals surface area contributed by atoms with E-state index < -0.39 is 0 Å². The number of rotatable bonds is 0. The molecule has 30 heavy (non-hydrogen) atoms. The van der Waals surface area contributed by atoms with Crippen LogP contribution in [0.15, 0.2) is 30.7 Å². The lowest BCUT2D eigenvalue weighted by atomic mass is 10.1. The van der Waals surface area contributed by atoms with Crippen LogP contribution in [0, 0.1) is 5.82 Å². The fraction of sp³-hybridized carbons (Fsp3) is 0.429. The highest BCUT2D eigenvalue weighted by molar-refractivity contribution is 6.00. The second-order valence-electron chi connectivity index (χ2n) is 8.18. The minimum absolute atomic E-state index is 0.0891. The Hall–Kier alpha value is -3.23. The molecule has 8 nitrogen and oxygen atoms in total. The Morgan fingerprint density at radius 3 is 3.07 bits per heavy atom. The topological polar surface area (TPSA) is 84.7 Å². The third-order valence-electron chi connectivity index (χ3n) is 6.38. The van der Waals surface area contributed by atoms with Gasteiger partial charge in [-0.15, -0.1) is 0 Å². The van der Waals surface area contributed by atoms with Crippen molar-refractivity contribution in [3.8, 4) is 5.88 Å². The number of carbonyl (C=O) groups excluding carboxylic acids is 1. The molecule has 154 valence electrons. The van der Waals surface area contributed by atoms with E-state index >= 15 is 0 Å². The zero-order valence-corrected chi connectivity index (χ0v) is 16.3. The summed E-state index contributed by atoms with van der Waals surface area (Å²) in [5.74, 6) is 0.586. The van der Waals surface area contributed by atoms with Gasteiger partial charge in [0.15, 0.2) is 5.65 Å². The van der Waals surface area contributed by atoms with Gasteiger partial charge < -0.3 is 15.0 Å². The summed E-state index contributed by atoms with van der Waals surface area (Å²) in [6, 6.07) is 3.17. The van der Waals surface area contributed by atoms with Crippen LogP contribution in [0.5, 0.6) is 5.88 Å². The van der Waals surface area contributed by atoms with Gasteiger partial charge in [-0.25, -0.2) is 18.9 Å². The Kier molecular flexibility index (Phi) is 3.90. The SMILES string of the molecule is O=C1NC2CCC[C@H]2Oc2ncc(F)cc2C2CCCN2c2ccn3ncc1c3n2. The summed E-state index contributed by atoms with van der Waals surface area (Å²) in [6.45, 7) is 0.783. The molecule has 2 fully saturated rings. The molecule has 3 aromatic heterocycles. The molecular formula is C21H21FN6O2. The average Bonchev–Trinajstić information content (AvgIpc) is 3.48. The molecule has 0 aromatic carbocycles. The van der Waals surface area contributed by atoms with Gasteiger partial charge in [0.2, 0.25) is 5.88 Å². The van der Waals surface area contributed by atoms with Crippen molar-refractivity contribution in [3.63, 3.8) is 0 Å². The van der Waals surface area contributed by atoms with Crippen molar-refractivity contribution in [2.24, 2.45) is 0 Å². The number of aromatic nitrogens is 4. The Labute approximate surface area is 172 Å². The van der Waals surface area contributed by atoms with Crippen LogP contribution in [0.2, 0.25) is 0 Å². The van der Waals surface area contributed by atoms with E-state index in [9.17, 15) is 9.18 Å². The zero-order valence-electron chi connectivity index (χ0n) is 16.3. The number of halogens is 1. The van der Waals surface area contributed by atoms with Crippen molar-refractivity contribution in [1.29, 1.82) is 0 Å². The highest BCUT2D eigenvalue weighted by Crippen LogP contribution is 2.40. The van der Waals surface area contributed by atoms with E-state index in [1.807, 2.05) is 12.3 Å². The van der Waals surface area contributed by atoms with Crippen molar-refractivity contribution in [1.82, 2.24) is 24.9 Å². The van der Waals surface area contributed by atoms with E-state index in [0.29, 0.717) is 17.1 Å². The maximum absolute atomic E-state index is 14.2. The highest BCUT2D eigenvalue weighted by atomic mass is 19.1. The Balaban J connectivity index is 1.55. The number of amides is 1. The van der Waals surface area contributed by atoms with E-state index in [1.54, 1.807) is 10.7 Å².